The molecule has 3 rings (SSSR count). The number of fused-ring (bicyclic) bond motifs is 1. The molecule has 3 unspecified atom stereocenters. The van der Waals surface area contributed by atoms with Crippen LogP contribution in [0.5, 0.6) is 0 Å². The molecule has 21 heavy (non-hydrogen) atoms. The summed E-state index contributed by atoms with van der Waals surface area (Å²) < 4.78 is 14.9. The van der Waals surface area contributed by atoms with E-state index >= 15 is 0 Å². The molecule has 2 saturated heterocycles. The average Bonchev–Trinajstić information content (AvgIpc) is 2.90. The van der Waals surface area contributed by atoms with E-state index in [-0.39, 0.29) is 13.1 Å². The number of rotatable bonds is 2. The van der Waals surface area contributed by atoms with Crippen molar-refractivity contribution in [3.63, 3.8) is 0 Å². The molecule has 7 heteroatoms. The van der Waals surface area contributed by atoms with Crippen LogP contribution < -0.4 is 0 Å². The van der Waals surface area contributed by atoms with Crippen molar-refractivity contribution >= 4 is 12.0 Å². The van der Waals surface area contributed by atoms with Crippen LogP contribution in [0.2, 0.25) is 0 Å². The molecule has 2 heterocycles. The number of carboxylic acid groups (broad SMARTS) is 1. The molecule has 1 aromatic rings. The number of hydrogen-bond donors (Lipinski definition) is 2. The fourth-order valence-corrected chi connectivity index (χ4v) is 3.08. The molecule has 2 aliphatic heterocycles. The highest BCUT2D eigenvalue weighted by Gasteiger charge is 2.64. The van der Waals surface area contributed by atoms with Gasteiger partial charge in [0.1, 0.15) is 0 Å². The molecule has 0 aromatic heterocycles. The maximum absolute atomic E-state index is 14.9. The van der Waals surface area contributed by atoms with Crippen LogP contribution >= 0.6 is 0 Å². The van der Waals surface area contributed by atoms with E-state index in [4.69, 9.17) is 5.11 Å². The van der Waals surface area contributed by atoms with Gasteiger partial charge in [-0.05, 0) is 5.56 Å². The SMILES string of the molecule is O=C(O)N1CC2N(Cc3ccccc3)C(=O)C(O)C2(F)C1. The number of benzene rings is 1. The number of alkyl halides is 1. The largest absolute Gasteiger partial charge is 0.465 e. The van der Waals surface area contributed by atoms with Gasteiger partial charge >= 0.3 is 6.09 Å². The van der Waals surface area contributed by atoms with Crippen LogP contribution in [0.1, 0.15) is 5.56 Å². The predicted molar refractivity (Wildman–Crippen MR) is 70.2 cm³/mol. The number of carbonyl (C=O) groups excluding carboxylic acids is 1. The number of hydrogen-bond acceptors (Lipinski definition) is 3. The molecule has 0 saturated carbocycles. The quantitative estimate of drug-likeness (QED) is 0.830. The first kappa shape index (κ1) is 13.8. The van der Waals surface area contributed by atoms with Crippen molar-refractivity contribution in [1.29, 1.82) is 0 Å². The van der Waals surface area contributed by atoms with Gasteiger partial charge in [-0.15, -0.1) is 0 Å². The smallest absolute Gasteiger partial charge is 0.407 e. The summed E-state index contributed by atoms with van der Waals surface area (Å²) >= 11 is 0. The van der Waals surface area contributed by atoms with E-state index < -0.39 is 36.4 Å². The normalized spacial score (nSPS) is 31.6. The Bertz CT molecular complexity index is 582. The first-order chi connectivity index (χ1) is 9.93. The summed E-state index contributed by atoms with van der Waals surface area (Å²) in [6.07, 6.45) is -3.06. The third-order valence-corrected chi connectivity index (χ3v) is 4.19. The summed E-state index contributed by atoms with van der Waals surface area (Å²) in [5.74, 6) is -0.684. The van der Waals surface area contributed by atoms with Crippen molar-refractivity contribution in [1.82, 2.24) is 9.80 Å². The second-order valence-electron chi connectivity index (χ2n) is 5.46. The summed E-state index contributed by atoms with van der Waals surface area (Å²) in [5.41, 5.74) is -1.43. The molecule has 2 fully saturated rings. The van der Waals surface area contributed by atoms with Crippen LogP contribution in [0, 0.1) is 0 Å². The van der Waals surface area contributed by atoms with Crippen molar-refractivity contribution in [3.8, 4) is 0 Å². The topological polar surface area (TPSA) is 81.1 Å². The number of likely N-dealkylation sites (tertiary alicyclic amines) is 2. The van der Waals surface area contributed by atoms with E-state index in [0.717, 1.165) is 10.5 Å². The molecular weight excluding hydrogens is 279 g/mol. The Balaban J connectivity index is 1.87. The summed E-state index contributed by atoms with van der Waals surface area (Å²) in [6.45, 7) is -0.451. The highest BCUT2D eigenvalue weighted by atomic mass is 19.1. The number of amides is 2. The lowest BCUT2D eigenvalue weighted by Gasteiger charge is -2.24. The zero-order valence-electron chi connectivity index (χ0n) is 11.1. The van der Waals surface area contributed by atoms with E-state index in [2.05, 4.69) is 0 Å². The van der Waals surface area contributed by atoms with E-state index in [9.17, 15) is 19.1 Å². The van der Waals surface area contributed by atoms with Gasteiger partial charge < -0.3 is 20.0 Å². The third kappa shape index (κ3) is 2.04. The van der Waals surface area contributed by atoms with Crippen molar-refractivity contribution in [3.05, 3.63) is 35.9 Å². The minimum atomic E-state index is -2.23. The monoisotopic (exact) mass is 294 g/mol. The number of aliphatic hydroxyl groups is 1. The lowest BCUT2D eigenvalue weighted by atomic mass is 9.98. The van der Waals surface area contributed by atoms with E-state index in [0.29, 0.717) is 0 Å². The average molecular weight is 294 g/mol. The molecule has 0 aliphatic carbocycles. The van der Waals surface area contributed by atoms with E-state index in [1.54, 1.807) is 24.3 Å². The van der Waals surface area contributed by atoms with Crippen LogP contribution in [0.15, 0.2) is 30.3 Å². The lowest BCUT2D eigenvalue weighted by molar-refractivity contribution is -0.138. The van der Waals surface area contributed by atoms with Crippen LogP contribution in [-0.2, 0) is 11.3 Å². The Kier molecular flexibility index (Phi) is 3.09. The van der Waals surface area contributed by atoms with Gasteiger partial charge in [0.15, 0.2) is 11.8 Å². The molecule has 2 N–H and O–H groups in total. The van der Waals surface area contributed by atoms with Gasteiger partial charge in [-0.25, -0.2) is 9.18 Å². The summed E-state index contributed by atoms with van der Waals surface area (Å²) in [6, 6.07) is 8.06. The molecular formula is C14H15FN2O4. The standard InChI is InChI=1S/C14H15FN2O4/c15-14-8-16(13(20)21)7-10(14)17(12(19)11(14)18)6-9-4-2-1-3-5-9/h1-5,10-11,18H,6-8H2,(H,20,21). The number of carbonyl (C=O) groups is 2. The molecule has 112 valence electrons. The number of nitrogens with zero attached hydrogens (tertiary/aromatic N) is 2. The highest BCUT2D eigenvalue weighted by Crippen LogP contribution is 2.40. The number of aliphatic hydroxyl groups excluding tert-OH is 1. The van der Waals surface area contributed by atoms with Gasteiger partial charge in [0, 0.05) is 13.1 Å². The van der Waals surface area contributed by atoms with Gasteiger partial charge in [0.2, 0.25) is 0 Å². The van der Waals surface area contributed by atoms with Crippen LogP contribution in [0.4, 0.5) is 9.18 Å². The Morgan fingerprint density at radius 2 is 2.05 bits per heavy atom. The summed E-state index contributed by atoms with van der Waals surface area (Å²) in [7, 11) is 0. The molecule has 2 amide bonds. The van der Waals surface area contributed by atoms with Gasteiger partial charge in [-0.2, -0.15) is 0 Å². The Labute approximate surface area is 120 Å². The third-order valence-electron chi connectivity index (χ3n) is 4.19. The first-order valence-electron chi connectivity index (χ1n) is 6.63. The predicted octanol–water partition coefficient (Wildman–Crippen LogP) is 0.460. The van der Waals surface area contributed by atoms with Gasteiger partial charge in [-0.3, -0.25) is 4.79 Å². The van der Waals surface area contributed by atoms with Gasteiger partial charge in [0.05, 0.1) is 12.6 Å². The van der Waals surface area contributed by atoms with Crippen LogP contribution in [0.25, 0.3) is 0 Å². The minimum absolute atomic E-state index is 0.124. The second kappa shape index (κ2) is 4.70. The molecule has 0 radical (unpaired) electrons. The fourth-order valence-electron chi connectivity index (χ4n) is 3.08. The van der Waals surface area contributed by atoms with Crippen molar-refractivity contribution < 1.29 is 24.2 Å². The Morgan fingerprint density at radius 1 is 1.38 bits per heavy atom. The summed E-state index contributed by atoms with van der Waals surface area (Å²) in [5, 5.41) is 18.9. The maximum Gasteiger partial charge on any atom is 0.407 e. The van der Waals surface area contributed by atoms with E-state index in [1.165, 1.54) is 4.90 Å². The van der Waals surface area contributed by atoms with E-state index in [1.807, 2.05) is 6.07 Å². The highest BCUT2D eigenvalue weighted by molar-refractivity contribution is 5.86. The Morgan fingerprint density at radius 3 is 2.67 bits per heavy atom. The zero-order valence-corrected chi connectivity index (χ0v) is 11.1. The van der Waals surface area contributed by atoms with Crippen molar-refractivity contribution in [2.45, 2.75) is 24.4 Å². The molecule has 3 atom stereocenters. The van der Waals surface area contributed by atoms with Crippen molar-refractivity contribution in [2.24, 2.45) is 0 Å². The van der Waals surface area contributed by atoms with Crippen LogP contribution in [-0.4, -0.2) is 62.9 Å². The van der Waals surface area contributed by atoms with Crippen LogP contribution in [0.3, 0.4) is 0 Å². The second-order valence-corrected chi connectivity index (χ2v) is 5.46. The molecule has 1 aromatic carbocycles. The minimum Gasteiger partial charge on any atom is -0.465 e. The fraction of sp³-hybridized carbons (Fsp3) is 0.429. The zero-order chi connectivity index (χ0) is 15.2. The Hall–Kier alpha value is -2.15. The van der Waals surface area contributed by atoms with Crippen molar-refractivity contribution in [2.75, 3.05) is 13.1 Å². The summed E-state index contributed by atoms with van der Waals surface area (Å²) in [4.78, 5) is 25.2. The first-order valence-corrected chi connectivity index (χ1v) is 6.63. The maximum atomic E-state index is 14.9. The molecule has 0 bridgehead atoms. The molecule has 2 aliphatic rings. The lowest BCUT2D eigenvalue weighted by Crippen LogP contribution is -2.44. The van der Waals surface area contributed by atoms with Gasteiger partial charge in [0.25, 0.3) is 5.91 Å². The number of halogens is 1. The molecule has 6 nitrogen and oxygen atoms in total. The van der Waals surface area contributed by atoms with Gasteiger partial charge in [-0.1, -0.05) is 30.3 Å². The molecule has 0 spiro atoms.